The summed E-state index contributed by atoms with van der Waals surface area (Å²) in [4.78, 5) is 1.87. The third kappa shape index (κ3) is 3.21. The Bertz CT molecular complexity index is 1030. The fourth-order valence-corrected chi connectivity index (χ4v) is 5.99. The van der Waals surface area contributed by atoms with Crippen molar-refractivity contribution in [2.45, 2.75) is 39.5 Å². The second-order valence-electron chi connectivity index (χ2n) is 6.12. The van der Waals surface area contributed by atoms with Crippen molar-refractivity contribution in [1.82, 2.24) is 5.16 Å². The minimum absolute atomic E-state index is 0.258. The highest BCUT2D eigenvalue weighted by Gasteiger charge is 2.29. The first kappa shape index (κ1) is 17.7. The average molecular weight is 377 g/mol. The lowest BCUT2D eigenvalue weighted by molar-refractivity contribution is 0.426. The number of hydrogen-bond acceptors (Lipinski definition) is 5. The number of rotatable bonds is 4. The van der Waals surface area contributed by atoms with Crippen LogP contribution in [-0.2, 0) is 10.0 Å². The lowest BCUT2D eigenvalue weighted by Crippen LogP contribution is -2.15. The summed E-state index contributed by atoms with van der Waals surface area (Å²) in [5.41, 5.74) is 3.67. The summed E-state index contributed by atoms with van der Waals surface area (Å²) in [6.07, 6.45) is 0. The van der Waals surface area contributed by atoms with E-state index in [1.807, 2.05) is 52.8 Å². The van der Waals surface area contributed by atoms with E-state index in [2.05, 4.69) is 9.88 Å². The van der Waals surface area contributed by atoms with E-state index in [1.165, 1.54) is 11.3 Å². The molecule has 5 nitrogen and oxygen atoms in total. The monoisotopic (exact) mass is 376 g/mol. The molecule has 1 aromatic carbocycles. The number of para-hydroxylation sites is 1. The summed E-state index contributed by atoms with van der Waals surface area (Å²) in [5.74, 6) is 0.473. The molecule has 0 bridgehead atoms. The van der Waals surface area contributed by atoms with Crippen molar-refractivity contribution in [2.75, 3.05) is 4.72 Å². The highest BCUT2D eigenvalue weighted by atomic mass is 32.2. The standard InChI is InChI=1S/C18H20N2O3S2/c1-10-7-6-8-11(2)17(10)20-25(21,22)18-14(5)24-13(4)16(18)15-9-12(3)19-23-15/h6-9,20H,1-5H3. The lowest BCUT2D eigenvalue weighted by Gasteiger charge is -2.14. The smallest absolute Gasteiger partial charge is 0.263 e. The minimum atomic E-state index is -3.77. The molecule has 0 fully saturated rings. The fraction of sp³-hybridized carbons (Fsp3) is 0.278. The van der Waals surface area contributed by atoms with Crippen LogP contribution in [0.15, 0.2) is 33.7 Å². The summed E-state index contributed by atoms with van der Waals surface area (Å²) in [6.45, 7) is 9.28. The summed E-state index contributed by atoms with van der Waals surface area (Å²) in [6, 6.07) is 7.44. The van der Waals surface area contributed by atoms with Gasteiger partial charge >= 0.3 is 0 Å². The Morgan fingerprint density at radius 1 is 1.04 bits per heavy atom. The van der Waals surface area contributed by atoms with Crippen LogP contribution in [0, 0.1) is 34.6 Å². The molecule has 2 aromatic heterocycles. The van der Waals surface area contributed by atoms with Crippen molar-refractivity contribution in [3.63, 3.8) is 0 Å². The van der Waals surface area contributed by atoms with Gasteiger partial charge in [0.1, 0.15) is 4.90 Å². The van der Waals surface area contributed by atoms with Crippen LogP contribution in [0.1, 0.15) is 26.6 Å². The first-order chi connectivity index (χ1) is 11.7. The van der Waals surface area contributed by atoms with Crippen molar-refractivity contribution in [2.24, 2.45) is 0 Å². The van der Waals surface area contributed by atoms with Crippen LogP contribution in [-0.4, -0.2) is 13.6 Å². The number of nitrogens with zero attached hydrogens (tertiary/aromatic N) is 1. The van der Waals surface area contributed by atoms with Gasteiger partial charge in [0, 0.05) is 15.8 Å². The van der Waals surface area contributed by atoms with Gasteiger partial charge in [-0.3, -0.25) is 4.72 Å². The predicted molar refractivity (Wildman–Crippen MR) is 101 cm³/mol. The molecule has 0 amide bonds. The van der Waals surface area contributed by atoms with Crippen LogP contribution in [0.3, 0.4) is 0 Å². The van der Waals surface area contributed by atoms with Crippen molar-refractivity contribution in [1.29, 1.82) is 0 Å². The van der Waals surface area contributed by atoms with Crippen LogP contribution in [0.2, 0.25) is 0 Å². The Morgan fingerprint density at radius 2 is 1.68 bits per heavy atom. The van der Waals surface area contributed by atoms with Gasteiger partial charge in [0.05, 0.1) is 16.9 Å². The number of sulfonamides is 1. The Balaban J connectivity index is 2.16. The van der Waals surface area contributed by atoms with Gasteiger partial charge < -0.3 is 4.52 Å². The maximum absolute atomic E-state index is 13.2. The van der Waals surface area contributed by atoms with Gasteiger partial charge in [0.25, 0.3) is 10.0 Å². The quantitative estimate of drug-likeness (QED) is 0.713. The van der Waals surface area contributed by atoms with Crippen molar-refractivity contribution in [3.8, 4) is 11.3 Å². The maximum atomic E-state index is 13.2. The summed E-state index contributed by atoms with van der Waals surface area (Å²) >= 11 is 1.44. The summed E-state index contributed by atoms with van der Waals surface area (Å²) in [5, 5.41) is 3.89. The molecule has 0 aliphatic rings. The van der Waals surface area contributed by atoms with Crippen LogP contribution in [0.4, 0.5) is 5.69 Å². The van der Waals surface area contributed by atoms with Gasteiger partial charge in [-0.25, -0.2) is 8.42 Å². The van der Waals surface area contributed by atoms with Gasteiger partial charge in [-0.15, -0.1) is 11.3 Å². The number of aryl methyl sites for hydroxylation is 5. The summed E-state index contributed by atoms with van der Waals surface area (Å²) in [7, 11) is -3.77. The largest absolute Gasteiger partial charge is 0.356 e. The Kier molecular flexibility index (Phi) is 4.47. The second-order valence-corrected chi connectivity index (χ2v) is 9.17. The van der Waals surface area contributed by atoms with Gasteiger partial charge in [0.2, 0.25) is 0 Å². The molecule has 0 spiro atoms. The van der Waals surface area contributed by atoms with Crippen molar-refractivity contribution >= 4 is 27.0 Å². The number of hydrogen-bond donors (Lipinski definition) is 1. The van der Waals surface area contributed by atoms with E-state index in [4.69, 9.17) is 4.52 Å². The van der Waals surface area contributed by atoms with Crippen LogP contribution in [0.5, 0.6) is 0 Å². The number of nitrogens with one attached hydrogen (secondary N) is 1. The van der Waals surface area contributed by atoms with E-state index in [1.54, 1.807) is 6.07 Å². The van der Waals surface area contributed by atoms with E-state index < -0.39 is 10.0 Å². The molecular weight excluding hydrogens is 356 g/mol. The molecule has 0 saturated carbocycles. The van der Waals surface area contributed by atoms with Crippen molar-refractivity contribution in [3.05, 3.63) is 50.8 Å². The number of aromatic nitrogens is 1. The van der Waals surface area contributed by atoms with Gasteiger partial charge in [-0.05, 0) is 45.7 Å². The van der Waals surface area contributed by atoms with Crippen LogP contribution >= 0.6 is 11.3 Å². The molecule has 0 unspecified atom stereocenters. The zero-order valence-electron chi connectivity index (χ0n) is 14.8. The first-order valence-electron chi connectivity index (χ1n) is 7.83. The van der Waals surface area contributed by atoms with E-state index in [-0.39, 0.29) is 4.90 Å². The molecule has 3 aromatic rings. The molecule has 25 heavy (non-hydrogen) atoms. The molecule has 132 valence electrons. The zero-order valence-corrected chi connectivity index (χ0v) is 16.4. The second kappa shape index (κ2) is 6.31. The molecule has 0 radical (unpaired) electrons. The highest BCUT2D eigenvalue weighted by Crippen LogP contribution is 2.40. The van der Waals surface area contributed by atoms with E-state index in [0.29, 0.717) is 22.7 Å². The lowest BCUT2D eigenvalue weighted by atomic mass is 10.1. The normalized spacial score (nSPS) is 11.7. The Morgan fingerprint density at radius 3 is 2.24 bits per heavy atom. The van der Waals surface area contributed by atoms with Crippen LogP contribution in [0.25, 0.3) is 11.3 Å². The Hall–Kier alpha value is -2.12. The molecule has 3 rings (SSSR count). The van der Waals surface area contributed by atoms with Crippen LogP contribution < -0.4 is 4.72 Å². The third-order valence-electron chi connectivity index (χ3n) is 4.07. The summed E-state index contributed by atoms with van der Waals surface area (Å²) < 4.78 is 34.5. The van der Waals surface area contributed by atoms with Crippen molar-refractivity contribution < 1.29 is 12.9 Å². The number of anilines is 1. The third-order valence-corrected chi connectivity index (χ3v) is 6.74. The molecular formula is C18H20N2O3S2. The SMILES string of the molecule is Cc1cc(-c2c(C)sc(C)c2S(=O)(=O)Nc2c(C)cccc2C)on1. The van der Waals surface area contributed by atoms with E-state index in [0.717, 1.165) is 20.9 Å². The van der Waals surface area contributed by atoms with E-state index >= 15 is 0 Å². The minimum Gasteiger partial charge on any atom is -0.356 e. The average Bonchev–Trinajstić information content (AvgIpc) is 3.06. The molecule has 0 saturated heterocycles. The van der Waals surface area contributed by atoms with E-state index in [9.17, 15) is 8.42 Å². The number of thiophene rings is 1. The van der Waals surface area contributed by atoms with Gasteiger partial charge in [-0.2, -0.15) is 0 Å². The molecule has 7 heteroatoms. The molecule has 0 aliphatic heterocycles. The maximum Gasteiger partial charge on any atom is 0.263 e. The fourth-order valence-electron chi connectivity index (χ4n) is 2.91. The number of benzene rings is 1. The van der Waals surface area contributed by atoms with Gasteiger partial charge in [0.15, 0.2) is 5.76 Å². The molecule has 0 aliphatic carbocycles. The molecule has 0 atom stereocenters. The molecule has 2 heterocycles. The molecule has 1 N–H and O–H groups in total. The van der Waals surface area contributed by atoms with Gasteiger partial charge in [-0.1, -0.05) is 23.4 Å². The Labute approximate surface area is 151 Å². The highest BCUT2D eigenvalue weighted by molar-refractivity contribution is 7.93. The zero-order chi connectivity index (χ0) is 18.4. The first-order valence-corrected chi connectivity index (χ1v) is 10.1. The predicted octanol–water partition coefficient (Wildman–Crippen LogP) is 4.75. The topological polar surface area (TPSA) is 72.2 Å².